The number of halogens is 1. The number of carbonyl (C=O) groups is 1. The maximum absolute atomic E-state index is 13.5. The number of piperidine rings is 1. The van der Waals surface area contributed by atoms with Gasteiger partial charge in [0.2, 0.25) is 5.91 Å². The number of nitrogens with zero attached hydrogens (tertiary/aromatic N) is 4. The molecule has 2 aromatic carbocycles. The summed E-state index contributed by atoms with van der Waals surface area (Å²) in [5, 5.41) is 0.894. The van der Waals surface area contributed by atoms with Crippen molar-refractivity contribution in [1.82, 2.24) is 14.8 Å². The van der Waals surface area contributed by atoms with Crippen LogP contribution in [-0.2, 0) is 11.3 Å². The van der Waals surface area contributed by atoms with Gasteiger partial charge in [0.15, 0.2) is 5.13 Å². The first-order valence-corrected chi connectivity index (χ1v) is 11.8. The Hall–Kier alpha value is -2.51. The molecule has 31 heavy (non-hydrogen) atoms. The third-order valence-corrected chi connectivity index (χ3v) is 7.39. The molecule has 5 nitrogen and oxygen atoms in total. The number of piperazine rings is 1. The van der Waals surface area contributed by atoms with Gasteiger partial charge in [0.1, 0.15) is 5.82 Å². The zero-order chi connectivity index (χ0) is 21.2. The maximum atomic E-state index is 13.5. The summed E-state index contributed by atoms with van der Waals surface area (Å²) in [5.74, 6) is 0.0511. The number of carbonyl (C=O) groups excluding carboxylic acids is 1. The van der Waals surface area contributed by atoms with Gasteiger partial charge >= 0.3 is 0 Å². The summed E-state index contributed by atoms with van der Waals surface area (Å²) in [4.78, 5) is 24.6. The topological polar surface area (TPSA) is 39.7 Å². The predicted octanol–water partition coefficient (Wildman–Crippen LogP) is 4.00. The summed E-state index contributed by atoms with van der Waals surface area (Å²) in [7, 11) is 0. The van der Waals surface area contributed by atoms with Crippen LogP contribution in [0.1, 0.15) is 18.4 Å². The number of hydrogen-bond acceptors (Lipinski definition) is 5. The minimum absolute atomic E-state index is 0.0122. The maximum Gasteiger partial charge on any atom is 0.227 e. The lowest BCUT2D eigenvalue weighted by Crippen LogP contribution is -2.52. The Kier molecular flexibility index (Phi) is 5.87. The summed E-state index contributed by atoms with van der Waals surface area (Å²) in [6.45, 7) is 5.97. The Morgan fingerprint density at radius 2 is 1.87 bits per heavy atom. The second-order valence-corrected chi connectivity index (χ2v) is 9.49. The first-order valence-electron chi connectivity index (χ1n) is 11.0. The number of fused-ring (bicyclic) bond motifs is 1. The molecule has 2 fully saturated rings. The van der Waals surface area contributed by atoms with Crippen molar-refractivity contribution in [1.29, 1.82) is 0 Å². The molecular formula is C24H27FN4OS. The third-order valence-electron chi connectivity index (χ3n) is 6.31. The van der Waals surface area contributed by atoms with Crippen LogP contribution in [-0.4, -0.2) is 60.0 Å². The van der Waals surface area contributed by atoms with Crippen molar-refractivity contribution in [3.63, 3.8) is 0 Å². The van der Waals surface area contributed by atoms with Crippen LogP contribution in [0.2, 0.25) is 0 Å². The molecule has 1 aromatic heterocycles. The van der Waals surface area contributed by atoms with Crippen molar-refractivity contribution >= 4 is 32.6 Å². The van der Waals surface area contributed by atoms with Gasteiger partial charge in [0.05, 0.1) is 16.1 Å². The predicted molar refractivity (Wildman–Crippen MR) is 123 cm³/mol. The smallest absolute Gasteiger partial charge is 0.227 e. The Bertz CT molecular complexity index is 1050. The first-order chi connectivity index (χ1) is 15.2. The molecule has 0 N–H and O–H groups in total. The van der Waals surface area contributed by atoms with Crippen LogP contribution >= 0.6 is 11.3 Å². The monoisotopic (exact) mass is 438 g/mol. The summed E-state index contributed by atoms with van der Waals surface area (Å²) < 4.78 is 14.4. The number of benzene rings is 2. The number of amides is 1. The number of anilines is 1. The van der Waals surface area contributed by atoms with E-state index in [1.54, 1.807) is 6.07 Å². The molecule has 2 aliphatic heterocycles. The lowest BCUT2D eigenvalue weighted by atomic mass is 9.96. The standard InChI is InChI=1S/C24H27FN4OS/c25-20-8-9-21-22(15-20)31-24(26-21)29-10-4-7-19(17-29)23(30)28-13-11-27(12-14-28)16-18-5-2-1-3-6-18/h1-3,5-6,8-9,15,19H,4,7,10-14,16-17H2. The molecule has 3 heterocycles. The van der Waals surface area contributed by atoms with E-state index in [4.69, 9.17) is 0 Å². The Morgan fingerprint density at radius 1 is 1.06 bits per heavy atom. The second-order valence-electron chi connectivity index (χ2n) is 8.48. The Labute approximate surface area is 186 Å². The largest absolute Gasteiger partial charge is 0.347 e. The minimum atomic E-state index is -0.235. The molecular weight excluding hydrogens is 411 g/mol. The van der Waals surface area contributed by atoms with Gasteiger partial charge in [-0.15, -0.1) is 0 Å². The molecule has 0 saturated carbocycles. The molecule has 2 aliphatic rings. The zero-order valence-electron chi connectivity index (χ0n) is 17.5. The summed E-state index contributed by atoms with van der Waals surface area (Å²) in [5.41, 5.74) is 2.14. The van der Waals surface area contributed by atoms with Gasteiger partial charge in [0.25, 0.3) is 0 Å². The van der Waals surface area contributed by atoms with E-state index in [2.05, 4.69) is 39.0 Å². The van der Waals surface area contributed by atoms with Gasteiger partial charge in [-0.1, -0.05) is 41.7 Å². The molecule has 0 spiro atoms. The average molecular weight is 439 g/mol. The van der Waals surface area contributed by atoms with Crippen LogP contribution in [0, 0.1) is 11.7 Å². The lowest BCUT2D eigenvalue weighted by molar-refractivity contribution is -0.137. The second kappa shape index (κ2) is 8.93. The molecule has 1 unspecified atom stereocenters. The van der Waals surface area contributed by atoms with Gasteiger partial charge in [-0.3, -0.25) is 9.69 Å². The van der Waals surface area contributed by atoms with Crippen LogP contribution in [0.4, 0.5) is 9.52 Å². The van der Waals surface area contributed by atoms with E-state index in [0.29, 0.717) is 6.54 Å². The van der Waals surface area contributed by atoms with Crippen molar-refractivity contribution in [2.75, 3.05) is 44.2 Å². The molecule has 2 saturated heterocycles. The van der Waals surface area contributed by atoms with Crippen molar-refractivity contribution in [2.45, 2.75) is 19.4 Å². The molecule has 7 heteroatoms. The lowest BCUT2D eigenvalue weighted by Gasteiger charge is -2.39. The van der Waals surface area contributed by atoms with Crippen molar-refractivity contribution in [2.24, 2.45) is 5.92 Å². The molecule has 0 bridgehead atoms. The van der Waals surface area contributed by atoms with Gasteiger partial charge < -0.3 is 9.80 Å². The SMILES string of the molecule is O=C(C1CCCN(c2nc3ccc(F)cc3s2)C1)N1CCN(Cc2ccccc2)CC1. The molecule has 0 radical (unpaired) electrons. The normalized spacial score (nSPS) is 20.4. The van der Waals surface area contributed by atoms with Gasteiger partial charge in [0, 0.05) is 45.8 Å². The Balaban J connectivity index is 1.19. The summed E-state index contributed by atoms with van der Waals surface area (Å²) in [6.07, 6.45) is 1.91. The molecule has 1 atom stereocenters. The van der Waals surface area contributed by atoms with Crippen LogP contribution in [0.25, 0.3) is 10.2 Å². The highest BCUT2D eigenvalue weighted by Gasteiger charge is 2.32. The van der Waals surface area contributed by atoms with Gasteiger partial charge in [-0.2, -0.15) is 0 Å². The van der Waals surface area contributed by atoms with Gasteiger partial charge in [-0.25, -0.2) is 9.37 Å². The van der Waals surface area contributed by atoms with Crippen molar-refractivity contribution < 1.29 is 9.18 Å². The highest BCUT2D eigenvalue weighted by molar-refractivity contribution is 7.22. The number of thiazole rings is 1. The molecule has 5 rings (SSSR count). The van der Waals surface area contributed by atoms with Crippen LogP contribution in [0.15, 0.2) is 48.5 Å². The molecule has 1 amide bonds. The Morgan fingerprint density at radius 3 is 2.68 bits per heavy atom. The third kappa shape index (κ3) is 4.57. The zero-order valence-corrected chi connectivity index (χ0v) is 18.4. The first kappa shape index (κ1) is 20.4. The fourth-order valence-electron chi connectivity index (χ4n) is 4.60. The number of rotatable bonds is 4. The highest BCUT2D eigenvalue weighted by Crippen LogP contribution is 2.32. The number of aromatic nitrogens is 1. The molecule has 0 aliphatic carbocycles. The highest BCUT2D eigenvalue weighted by atomic mass is 32.1. The minimum Gasteiger partial charge on any atom is -0.347 e. The van der Waals surface area contributed by atoms with Crippen molar-refractivity contribution in [3.05, 3.63) is 59.9 Å². The number of hydrogen-bond donors (Lipinski definition) is 0. The van der Waals surface area contributed by atoms with Crippen molar-refractivity contribution in [3.8, 4) is 0 Å². The quantitative estimate of drug-likeness (QED) is 0.617. The van der Waals surface area contributed by atoms with E-state index in [1.807, 2.05) is 11.0 Å². The van der Waals surface area contributed by atoms with E-state index in [-0.39, 0.29) is 17.6 Å². The van der Waals surface area contributed by atoms with Gasteiger partial charge in [-0.05, 0) is 36.6 Å². The fraction of sp³-hybridized carbons (Fsp3) is 0.417. The van der Waals surface area contributed by atoms with E-state index in [1.165, 1.54) is 29.0 Å². The van der Waals surface area contributed by atoms with Crippen LogP contribution in [0.3, 0.4) is 0 Å². The summed E-state index contributed by atoms with van der Waals surface area (Å²) >= 11 is 1.51. The van der Waals surface area contributed by atoms with E-state index < -0.39 is 0 Å². The van der Waals surface area contributed by atoms with Crippen LogP contribution < -0.4 is 4.90 Å². The molecule has 162 valence electrons. The van der Waals surface area contributed by atoms with E-state index >= 15 is 0 Å². The summed E-state index contributed by atoms with van der Waals surface area (Å²) in [6, 6.07) is 15.2. The van der Waals surface area contributed by atoms with E-state index in [0.717, 1.165) is 67.5 Å². The van der Waals surface area contributed by atoms with Crippen LogP contribution in [0.5, 0.6) is 0 Å². The fourth-order valence-corrected chi connectivity index (χ4v) is 5.63. The molecule has 3 aromatic rings. The van der Waals surface area contributed by atoms with E-state index in [9.17, 15) is 9.18 Å². The average Bonchev–Trinajstić information content (AvgIpc) is 3.23.